The Kier molecular flexibility index (Phi) is 16.7. The second-order valence-corrected chi connectivity index (χ2v) is 13.7. The number of aliphatic hydroxyl groups is 2. The average Bonchev–Trinajstić information content (AvgIpc) is 3.02. The molecule has 0 aromatic carbocycles. The number of unbranched alkanes of at least 4 members (excludes halogenated alkanes) is 4. The molecule has 0 radical (unpaired) electrons. The van der Waals surface area contributed by atoms with E-state index in [1.54, 1.807) is 0 Å². The van der Waals surface area contributed by atoms with Gasteiger partial charge in [0.1, 0.15) is 0 Å². The van der Waals surface area contributed by atoms with Crippen LogP contribution in [0, 0.1) is 0 Å². The van der Waals surface area contributed by atoms with Crippen molar-refractivity contribution < 1.29 is 29.4 Å². The number of aliphatic hydroxyl groups excluding tert-OH is 2. The van der Waals surface area contributed by atoms with Gasteiger partial charge >= 0.3 is 0 Å². The van der Waals surface area contributed by atoms with E-state index in [-0.39, 0.29) is 59.1 Å². The van der Waals surface area contributed by atoms with Crippen molar-refractivity contribution in [2.45, 2.75) is 145 Å². The molecular weight excluding hydrogens is 600 g/mol. The van der Waals surface area contributed by atoms with E-state index in [4.69, 9.17) is 0 Å². The molecule has 0 spiro atoms. The van der Waals surface area contributed by atoms with E-state index in [1.165, 1.54) is 11.1 Å². The monoisotopic (exact) mass is 658 g/mol. The fourth-order valence-electron chi connectivity index (χ4n) is 6.00. The number of carbonyl (C=O) groups is 4. The number of allylic oxidation sites excluding steroid dienone is 14. The maximum absolute atomic E-state index is 14.4. The fraction of sp³-hybridized carbons (Fsp3) is 0.524. The zero-order valence-electron chi connectivity index (χ0n) is 30.7. The summed E-state index contributed by atoms with van der Waals surface area (Å²) in [6.45, 7) is 16.1. The topological polar surface area (TPSA) is 109 Å². The third-order valence-corrected chi connectivity index (χ3v) is 8.96. The molecule has 0 saturated heterocycles. The summed E-state index contributed by atoms with van der Waals surface area (Å²) in [7, 11) is 0. The molecule has 2 aliphatic rings. The van der Waals surface area contributed by atoms with E-state index in [1.807, 2.05) is 67.5 Å². The van der Waals surface area contributed by atoms with Gasteiger partial charge in [0.25, 0.3) is 0 Å². The van der Waals surface area contributed by atoms with Crippen LogP contribution in [0.25, 0.3) is 0 Å². The Morgan fingerprint density at radius 1 is 0.500 bits per heavy atom. The lowest BCUT2D eigenvalue weighted by molar-refractivity contribution is -0.120. The van der Waals surface area contributed by atoms with Gasteiger partial charge in [-0.15, -0.1) is 0 Å². The zero-order chi connectivity index (χ0) is 36.0. The van der Waals surface area contributed by atoms with Crippen molar-refractivity contribution in [2.75, 3.05) is 0 Å². The van der Waals surface area contributed by atoms with E-state index in [0.29, 0.717) is 12.8 Å². The van der Waals surface area contributed by atoms with E-state index in [2.05, 4.69) is 12.2 Å². The maximum atomic E-state index is 14.4. The van der Waals surface area contributed by atoms with Crippen LogP contribution >= 0.6 is 0 Å². The van der Waals surface area contributed by atoms with Gasteiger partial charge in [0.05, 0.1) is 0 Å². The molecular formula is C42H58O6. The Balaban J connectivity index is 2.70. The zero-order valence-corrected chi connectivity index (χ0v) is 30.7. The lowest BCUT2D eigenvalue weighted by Crippen LogP contribution is -2.32. The predicted octanol–water partition coefficient (Wildman–Crippen LogP) is 10.8. The standard InChI is InChI=1S/C42H58O6/c1-9-11-13-21-31-35(37(43)33(41(47)39(31)45)25-23-29(7)19-15-17-27(3)4)36-32(22-14-12-10-2)40(46)42(48)34(38(36)44)26-24-30(8)20-16-18-28(5)6/h17-18,23-24,47-48H,9-16,19-22,25-26H2,1-8H3/b29-23+,30-24+. The minimum Gasteiger partial charge on any atom is -0.504 e. The van der Waals surface area contributed by atoms with Gasteiger partial charge in [-0.25, -0.2) is 0 Å². The fourth-order valence-corrected chi connectivity index (χ4v) is 6.00. The molecule has 0 aromatic heterocycles. The van der Waals surface area contributed by atoms with Gasteiger partial charge < -0.3 is 10.2 Å². The van der Waals surface area contributed by atoms with Gasteiger partial charge in [-0.2, -0.15) is 0 Å². The first-order valence-electron chi connectivity index (χ1n) is 17.8. The Morgan fingerprint density at radius 3 is 1.17 bits per heavy atom. The minimum atomic E-state index is -0.665. The number of hydrogen-bond donors (Lipinski definition) is 2. The highest BCUT2D eigenvalue weighted by Crippen LogP contribution is 2.40. The highest BCUT2D eigenvalue weighted by molar-refractivity contribution is 6.35. The van der Waals surface area contributed by atoms with Gasteiger partial charge in [-0.05, 0) is 106 Å². The van der Waals surface area contributed by atoms with Gasteiger partial charge in [0, 0.05) is 33.4 Å². The van der Waals surface area contributed by atoms with Crippen LogP contribution in [0.5, 0.6) is 0 Å². The Hall–Kier alpha value is -3.80. The molecule has 2 rings (SSSR count). The smallest absolute Gasteiger partial charge is 0.224 e. The van der Waals surface area contributed by atoms with Crippen molar-refractivity contribution in [3.05, 3.63) is 91.6 Å². The van der Waals surface area contributed by atoms with Crippen LogP contribution < -0.4 is 0 Å². The molecule has 6 heteroatoms. The quantitative estimate of drug-likeness (QED) is 0.0812. The predicted molar refractivity (Wildman–Crippen MR) is 196 cm³/mol. The van der Waals surface area contributed by atoms with Crippen LogP contribution in [0.2, 0.25) is 0 Å². The lowest BCUT2D eigenvalue weighted by atomic mass is 9.74. The third kappa shape index (κ3) is 11.1. The summed E-state index contributed by atoms with van der Waals surface area (Å²) in [6, 6.07) is 0. The van der Waals surface area contributed by atoms with Gasteiger partial charge in [-0.1, -0.05) is 86.1 Å². The molecule has 2 N–H and O–H groups in total. The van der Waals surface area contributed by atoms with Crippen molar-refractivity contribution in [2.24, 2.45) is 0 Å². The molecule has 0 atom stereocenters. The van der Waals surface area contributed by atoms with Crippen molar-refractivity contribution in [1.82, 2.24) is 0 Å². The molecule has 48 heavy (non-hydrogen) atoms. The van der Waals surface area contributed by atoms with Crippen molar-refractivity contribution >= 4 is 23.1 Å². The summed E-state index contributed by atoms with van der Waals surface area (Å²) >= 11 is 0. The van der Waals surface area contributed by atoms with E-state index in [0.717, 1.165) is 62.5 Å². The summed E-state index contributed by atoms with van der Waals surface area (Å²) in [5.41, 5.74) is 4.34. The summed E-state index contributed by atoms with van der Waals surface area (Å²) in [6.07, 6.45) is 16.1. The largest absolute Gasteiger partial charge is 0.504 e. The van der Waals surface area contributed by atoms with Crippen LogP contribution in [0.4, 0.5) is 0 Å². The van der Waals surface area contributed by atoms with Crippen molar-refractivity contribution in [1.29, 1.82) is 0 Å². The van der Waals surface area contributed by atoms with Gasteiger partial charge in [0.15, 0.2) is 23.1 Å². The van der Waals surface area contributed by atoms with Crippen LogP contribution in [0.1, 0.15) is 145 Å². The number of ketones is 4. The normalized spacial score (nSPS) is 16.5. The van der Waals surface area contributed by atoms with E-state index < -0.39 is 34.7 Å². The summed E-state index contributed by atoms with van der Waals surface area (Å²) < 4.78 is 0. The number of Topliss-reactive ketones (excluding diaryl/α,β-unsaturated/α-hetero) is 4. The first-order valence-corrected chi connectivity index (χ1v) is 17.8. The number of hydrogen-bond acceptors (Lipinski definition) is 6. The van der Waals surface area contributed by atoms with E-state index >= 15 is 0 Å². The summed E-state index contributed by atoms with van der Waals surface area (Å²) in [4.78, 5) is 56.6. The number of carbonyl (C=O) groups excluding carboxylic acids is 4. The minimum absolute atomic E-state index is 0.0327. The second-order valence-electron chi connectivity index (χ2n) is 13.7. The molecule has 0 fully saturated rings. The lowest BCUT2D eigenvalue weighted by Gasteiger charge is -2.27. The molecule has 0 aromatic rings. The van der Waals surface area contributed by atoms with Gasteiger partial charge in [-0.3, -0.25) is 19.2 Å². The molecule has 0 amide bonds. The molecule has 0 aliphatic heterocycles. The molecule has 0 bridgehead atoms. The van der Waals surface area contributed by atoms with Crippen LogP contribution in [0.15, 0.2) is 91.6 Å². The maximum Gasteiger partial charge on any atom is 0.224 e. The van der Waals surface area contributed by atoms with E-state index in [9.17, 15) is 29.4 Å². The van der Waals surface area contributed by atoms with Crippen LogP contribution in [-0.4, -0.2) is 33.3 Å². The number of rotatable bonds is 19. The molecule has 0 saturated carbocycles. The second kappa shape index (κ2) is 19.9. The SMILES string of the molecule is CCCCCC1=C(C2=C(CCCCC)C(=O)C(O)=C(C/C=C(\C)CCC=C(C)C)C2=O)C(=O)C(C/C=C(\C)CCC=C(C)C)=C(O)C1=O. The molecule has 2 aliphatic carbocycles. The molecule has 6 nitrogen and oxygen atoms in total. The molecule has 0 heterocycles. The first kappa shape index (κ1) is 40.4. The van der Waals surface area contributed by atoms with Gasteiger partial charge in [0.2, 0.25) is 11.6 Å². The Morgan fingerprint density at radius 2 is 0.854 bits per heavy atom. The average molecular weight is 659 g/mol. The summed E-state index contributed by atoms with van der Waals surface area (Å²) in [5.74, 6) is -3.68. The summed E-state index contributed by atoms with van der Waals surface area (Å²) in [5, 5.41) is 22.2. The first-order chi connectivity index (χ1) is 22.8. The van der Waals surface area contributed by atoms with Crippen molar-refractivity contribution in [3.63, 3.8) is 0 Å². The highest BCUT2D eigenvalue weighted by Gasteiger charge is 2.42. The molecule has 262 valence electrons. The van der Waals surface area contributed by atoms with Crippen LogP contribution in [0.3, 0.4) is 0 Å². The van der Waals surface area contributed by atoms with Crippen LogP contribution in [-0.2, 0) is 19.2 Å². The van der Waals surface area contributed by atoms with Crippen molar-refractivity contribution in [3.8, 4) is 0 Å². The Labute approximate surface area is 288 Å². The Bertz CT molecular complexity index is 1390. The molecule has 0 unspecified atom stereocenters. The highest BCUT2D eigenvalue weighted by atomic mass is 16.3. The third-order valence-electron chi connectivity index (χ3n) is 8.96.